The van der Waals surface area contributed by atoms with E-state index in [-0.39, 0.29) is 16.9 Å². The van der Waals surface area contributed by atoms with E-state index in [1.807, 2.05) is 0 Å². The third kappa shape index (κ3) is 3.57. The van der Waals surface area contributed by atoms with Crippen LogP contribution in [0.4, 0.5) is 15.8 Å². The third-order valence-electron chi connectivity index (χ3n) is 2.81. The van der Waals surface area contributed by atoms with Crippen LogP contribution < -0.4 is 10.1 Å². The van der Waals surface area contributed by atoms with Crippen LogP contribution in [0, 0.1) is 15.9 Å². The molecular formula is C15H13FN2O4. The first-order valence-corrected chi connectivity index (χ1v) is 6.49. The van der Waals surface area contributed by atoms with Crippen LogP contribution in [0.15, 0.2) is 42.5 Å². The Morgan fingerprint density at radius 2 is 2.09 bits per heavy atom. The number of halogens is 1. The monoisotopic (exact) mass is 304 g/mol. The summed E-state index contributed by atoms with van der Waals surface area (Å²) in [5.41, 5.74) is -0.207. The summed E-state index contributed by atoms with van der Waals surface area (Å²) in [6.07, 6.45) is 0. The lowest BCUT2D eigenvalue weighted by molar-refractivity contribution is -0.384. The second-order valence-corrected chi connectivity index (χ2v) is 4.33. The number of benzene rings is 2. The quantitative estimate of drug-likeness (QED) is 0.678. The minimum Gasteiger partial charge on any atom is -0.494 e. The highest BCUT2D eigenvalue weighted by Crippen LogP contribution is 2.29. The molecule has 1 amide bonds. The Labute approximate surface area is 125 Å². The topological polar surface area (TPSA) is 81.5 Å². The van der Waals surface area contributed by atoms with Gasteiger partial charge in [-0.25, -0.2) is 4.39 Å². The molecule has 0 aliphatic rings. The van der Waals surface area contributed by atoms with E-state index in [2.05, 4.69) is 5.32 Å². The summed E-state index contributed by atoms with van der Waals surface area (Å²) in [7, 11) is 0. The van der Waals surface area contributed by atoms with E-state index in [1.54, 1.807) is 6.92 Å². The van der Waals surface area contributed by atoms with Crippen molar-refractivity contribution in [3.63, 3.8) is 0 Å². The Hall–Kier alpha value is -2.96. The van der Waals surface area contributed by atoms with Gasteiger partial charge in [0.15, 0.2) is 0 Å². The first-order chi connectivity index (χ1) is 10.5. The van der Waals surface area contributed by atoms with Crippen molar-refractivity contribution in [1.29, 1.82) is 0 Å². The number of nitrogens with one attached hydrogen (secondary N) is 1. The third-order valence-corrected chi connectivity index (χ3v) is 2.81. The zero-order valence-corrected chi connectivity index (χ0v) is 11.7. The number of nitro groups is 1. The van der Waals surface area contributed by atoms with Crippen molar-refractivity contribution in [2.45, 2.75) is 6.92 Å². The number of hydrogen-bond acceptors (Lipinski definition) is 4. The maximum Gasteiger partial charge on any atom is 0.296 e. The van der Waals surface area contributed by atoms with Crippen LogP contribution in [0.25, 0.3) is 0 Å². The van der Waals surface area contributed by atoms with Gasteiger partial charge in [0.25, 0.3) is 11.6 Å². The van der Waals surface area contributed by atoms with Crippen LogP contribution >= 0.6 is 0 Å². The fourth-order valence-corrected chi connectivity index (χ4v) is 1.85. The molecule has 7 heteroatoms. The molecule has 0 fully saturated rings. The smallest absolute Gasteiger partial charge is 0.296 e. The maximum atomic E-state index is 13.1. The van der Waals surface area contributed by atoms with Crippen molar-refractivity contribution in [2.24, 2.45) is 0 Å². The normalized spacial score (nSPS) is 10.1. The number of anilines is 1. The van der Waals surface area contributed by atoms with Crippen LogP contribution in [-0.4, -0.2) is 17.4 Å². The van der Waals surface area contributed by atoms with E-state index in [0.29, 0.717) is 12.4 Å². The SMILES string of the molecule is CCOc1ccc(NC(=O)c2cccc(F)c2)c([N+](=O)[O-])c1. The summed E-state index contributed by atoms with van der Waals surface area (Å²) in [6.45, 7) is 2.12. The molecule has 2 aromatic carbocycles. The van der Waals surface area contributed by atoms with Crippen molar-refractivity contribution < 1.29 is 18.8 Å². The highest BCUT2D eigenvalue weighted by atomic mass is 19.1. The zero-order valence-electron chi connectivity index (χ0n) is 11.7. The molecule has 0 aliphatic heterocycles. The summed E-state index contributed by atoms with van der Waals surface area (Å²) in [4.78, 5) is 22.5. The van der Waals surface area contributed by atoms with E-state index < -0.39 is 16.6 Å². The number of amides is 1. The minimum atomic E-state index is -0.633. The molecule has 0 radical (unpaired) electrons. The minimum absolute atomic E-state index is 0.0164. The lowest BCUT2D eigenvalue weighted by atomic mass is 10.2. The second kappa shape index (κ2) is 6.66. The predicted octanol–water partition coefficient (Wildman–Crippen LogP) is 3.38. The van der Waals surface area contributed by atoms with Gasteiger partial charge in [-0.15, -0.1) is 0 Å². The van der Waals surface area contributed by atoms with Gasteiger partial charge in [-0.1, -0.05) is 6.07 Å². The van der Waals surface area contributed by atoms with Gasteiger partial charge >= 0.3 is 0 Å². The van der Waals surface area contributed by atoms with Gasteiger partial charge in [0.05, 0.1) is 17.6 Å². The van der Waals surface area contributed by atoms with Crippen molar-refractivity contribution in [1.82, 2.24) is 0 Å². The average molecular weight is 304 g/mol. The number of carbonyl (C=O) groups is 1. The molecular weight excluding hydrogens is 291 g/mol. The van der Waals surface area contributed by atoms with Crippen molar-refractivity contribution in [2.75, 3.05) is 11.9 Å². The van der Waals surface area contributed by atoms with Gasteiger partial charge in [-0.2, -0.15) is 0 Å². The molecule has 0 saturated carbocycles. The molecule has 2 rings (SSSR count). The molecule has 0 spiro atoms. The first kappa shape index (κ1) is 15.4. The zero-order chi connectivity index (χ0) is 16.1. The van der Waals surface area contributed by atoms with Crippen molar-refractivity contribution in [3.8, 4) is 5.75 Å². The fraction of sp³-hybridized carbons (Fsp3) is 0.133. The molecule has 2 aromatic rings. The Bertz CT molecular complexity index is 718. The summed E-state index contributed by atoms with van der Waals surface area (Å²) in [6, 6.07) is 9.17. The van der Waals surface area contributed by atoms with Gasteiger partial charge in [0.2, 0.25) is 0 Å². The Kier molecular flexibility index (Phi) is 4.67. The first-order valence-electron chi connectivity index (χ1n) is 6.49. The van der Waals surface area contributed by atoms with Crippen LogP contribution in [0.1, 0.15) is 17.3 Å². The molecule has 6 nitrogen and oxygen atoms in total. The standard InChI is InChI=1S/C15H13FN2O4/c1-2-22-12-6-7-13(14(9-12)18(20)21)17-15(19)10-4-3-5-11(16)8-10/h3-9H,2H2,1H3,(H,17,19). The molecule has 22 heavy (non-hydrogen) atoms. The number of hydrogen-bond donors (Lipinski definition) is 1. The maximum absolute atomic E-state index is 13.1. The van der Waals surface area contributed by atoms with Crippen LogP contribution in [-0.2, 0) is 0 Å². The molecule has 0 heterocycles. The van der Waals surface area contributed by atoms with E-state index >= 15 is 0 Å². The largest absolute Gasteiger partial charge is 0.494 e. The molecule has 0 saturated heterocycles. The van der Waals surface area contributed by atoms with Gasteiger partial charge in [0, 0.05) is 5.56 Å². The molecule has 0 atom stereocenters. The second-order valence-electron chi connectivity index (χ2n) is 4.33. The number of nitrogens with zero attached hydrogens (tertiary/aromatic N) is 1. The van der Waals surface area contributed by atoms with Gasteiger partial charge in [-0.05, 0) is 37.3 Å². The number of carbonyl (C=O) groups excluding carboxylic acids is 1. The van der Waals surface area contributed by atoms with E-state index in [0.717, 1.165) is 6.07 Å². The fourth-order valence-electron chi connectivity index (χ4n) is 1.85. The molecule has 1 N–H and O–H groups in total. The van der Waals surface area contributed by atoms with E-state index in [1.165, 1.54) is 36.4 Å². The van der Waals surface area contributed by atoms with Gasteiger partial charge in [0.1, 0.15) is 17.3 Å². The lowest BCUT2D eigenvalue weighted by Crippen LogP contribution is -2.13. The van der Waals surface area contributed by atoms with Crippen molar-refractivity contribution in [3.05, 3.63) is 64.0 Å². The van der Waals surface area contributed by atoms with Crippen LogP contribution in [0.2, 0.25) is 0 Å². The molecule has 0 unspecified atom stereocenters. The Morgan fingerprint density at radius 1 is 1.32 bits per heavy atom. The van der Waals surface area contributed by atoms with E-state index in [9.17, 15) is 19.3 Å². The molecule has 114 valence electrons. The number of ether oxygens (including phenoxy) is 1. The van der Waals surface area contributed by atoms with Crippen LogP contribution in [0.3, 0.4) is 0 Å². The number of nitro benzene ring substituents is 1. The van der Waals surface area contributed by atoms with Crippen LogP contribution in [0.5, 0.6) is 5.75 Å². The van der Waals surface area contributed by atoms with Gasteiger partial charge in [-0.3, -0.25) is 14.9 Å². The molecule has 0 aromatic heterocycles. The number of rotatable bonds is 5. The van der Waals surface area contributed by atoms with Gasteiger partial charge < -0.3 is 10.1 Å². The lowest BCUT2D eigenvalue weighted by Gasteiger charge is -2.08. The Balaban J connectivity index is 2.28. The summed E-state index contributed by atoms with van der Waals surface area (Å²) in [5, 5.41) is 13.5. The highest BCUT2D eigenvalue weighted by Gasteiger charge is 2.18. The summed E-state index contributed by atoms with van der Waals surface area (Å²) in [5.74, 6) is -0.862. The Morgan fingerprint density at radius 3 is 2.73 bits per heavy atom. The molecule has 0 bridgehead atoms. The summed E-state index contributed by atoms with van der Waals surface area (Å²) < 4.78 is 18.3. The average Bonchev–Trinajstić information content (AvgIpc) is 2.48. The predicted molar refractivity (Wildman–Crippen MR) is 78.6 cm³/mol. The molecule has 0 aliphatic carbocycles. The highest BCUT2D eigenvalue weighted by molar-refractivity contribution is 6.05. The summed E-state index contributed by atoms with van der Waals surface area (Å²) >= 11 is 0. The van der Waals surface area contributed by atoms with Crippen molar-refractivity contribution >= 4 is 17.3 Å². The van der Waals surface area contributed by atoms with E-state index in [4.69, 9.17) is 4.74 Å².